The maximum Gasteiger partial charge on any atom is 0.143 e. The van der Waals surface area contributed by atoms with Gasteiger partial charge >= 0.3 is 0 Å². The first-order valence-corrected chi connectivity index (χ1v) is 10.1. The number of para-hydroxylation sites is 2. The van der Waals surface area contributed by atoms with Crippen molar-refractivity contribution in [2.75, 3.05) is 0 Å². The molecule has 2 heterocycles. The second kappa shape index (κ2) is 4.90. The second-order valence-electron chi connectivity index (χ2n) is 8.67. The topological polar surface area (TPSA) is 28.9 Å². The smallest absolute Gasteiger partial charge is 0.143 e. The average Bonchev–Trinajstić information content (AvgIpc) is 3.36. The molecule has 0 spiro atoms. The van der Waals surface area contributed by atoms with Gasteiger partial charge in [-0.05, 0) is 23.3 Å². The third-order valence-electron chi connectivity index (χ3n) is 6.83. The Balaban J connectivity index is 1.73. The minimum absolute atomic E-state index is 0.0662. The molecule has 4 aromatic carbocycles. The summed E-state index contributed by atoms with van der Waals surface area (Å²) in [5.41, 5.74) is 9.52. The Hall–Kier alpha value is -3.52. The molecule has 0 aliphatic heterocycles. The first kappa shape index (κ1) is 15.4. The molecule has 7 rings (SSSR count). The van der Waals surface area contributed by atoms with Crippen LogP contribution < -0.4 is 0 Å². The van der Waals surface area contributed by atoms with Crippen LogP contribution in [0.2, 0.25) is 0 Å². The fraction of sp³-hybridized carbons (Fsp3) is 0.111. The summed E-state index contributed by atoms with van der Waals surface area (Å²) >= 11 is 0. The number of benzene rings is 4. The first-order valence-electron chi connectivity index (χ1n) is 10.1. The van der Waals surface area contributed by atoms with Gasteiger partial charge in [0.1, 0.15) is 11.2 Å². The molecule has 2 aromatic heterocycles. The third kappa shape index (κ3) is 1.73. The van der Waals surface area contributed by atoms with Gasteiger partial charge in [-0.2, -0.15) is 0 Å². The molecule has 2 heteroatoms. The van der Waals surface area contributed by atoms with E-state index >= 15 is 0 Å². The van der Waals surface area contributed by atoms with E-state index in [9.17, 15) is 0 Å². The van der Waals surface area contributed by atoms with E-state index in [2.05, 4.69) is 85.6 Å². The molecule has 0 fully saturated rings. The molecule has 0 bridgehead atoms. The molecule has 0 radical (unpaired) electrons. The molecule has 0 saturated heterocycles. The van der Waals surface area contributed by atoms with Gasteiger partial charge in [-0.25, -0.2) is 0 Å². The molecular formula is C27H19NO. The van der Waals surface area contributed by atoms with Gasteiger partial charge in [0, 0.05) is 43.6 Å². The number of rotatable bonds is 0. The number of furan rings is 1. The highest BCUT2D eigenvalue weighted by atomic mass is 16.3. The van der Waals surface area contributed by atoms with Gasteiger partial charge in [-0.15, -0.1) is 0 Å². The number of aromatic amines is 1. The van der Waals surface area contributed by atoms with Crippen molar-refractivity contribution in [1.29, 1.82) is 0 Å². The molecule has 1 aliphatic carbocycles. The van der Waals surface area contributed by atoms with Gasteiger partial charge in [0.2, 0.25) is 0 Å². The summed E-state index contributed by atoms with van der Waals surface area (Å²) in [7, 11) is 0. The summed E-state index contributed by atoms with van der Waals surface area (Å²) in [6.45, 7) is 4.64. The average molecular weight is 373 g/mol. The highest BCUT2D eigenvalue weighted by Crippen LogP contribution is 2.54. The molecule has 0 amide bonds. The fourth-order valence-corrected chi connectivity index (χ4v) is 5.40. The first-order chi connectivity index (χ1) is 14.1. The quantitative estimate of drug-likeness (QED) is 0.293. The molecule has 6 aromatic rings. The standard InChI is InChI=1S/C27H19NO/c1-27(2)19-13-11-17-15-7-3-5-9-21(15)28-25(17)23(19)24-20(27)14-12-18-16-8-4-6-10-22(16)29-26(18)24/h3-14,28H,1-2H3. The normalized spacial score (nSPS) is 14.8. The van der Waals surface area contributed by atoms with Gasteiger partial charge in [-0.3, -0.25) is 0 Å². The zero-order valence-electron chi connectivity index (χ0n) is 16.3. The van der Waals surface area contributed by atoms with Gasteiger partial charge in [0.05, 0.1) is 5.52 Å². The molecule has 29 heavy (non-hydrogen) atoms. The molecule has 0 atom stereocenters. The van der Waals surface area contributed by atoms with E-state index in [1.165, 1.54) is 54.8 Å². The van der Waals surface area contributed by atoms with E-state index in [4.69, 9.17) is 4.42 Å². The van der Waals surface area contributed by atoms with Crippen LogP contribution in [-0.2, 0) is 5.41 Å². The van der Waals surface area contributed by atoms with Crippen molar-refractivity contribution in [3.05, 3.63) is 83.9 Å². The highest BCUT2D eigenvalue weighted by molar-refractivity contribution is 6.18. The largest absolute Gasteiger partial charge is 0.455 e. The Morgan fingerprint density at radius 3 is 2.21 bits per heavy atom. The minimum Gasteiger partial charge on any atom is -0.455 e. The van der Waals surface area contributed by atoms with Crippen molar-refractivity contribution in [3.63, 3.8) is 0 Å². The van der Waals surface area contributed by atoms with Crippen LogP contribution in [-0.4, -0.2) is 4.98 Å². The Morgan fingerprint density at radius 2 is 1.34 bits per heavy atom. The predicted molar refractivity (Wildman–Crippen MR) is 121 cm³/mol. The molecule has 0 saturated carbocycles. The van der Waals surface area contributed by atoms with E-state index in [1.807, 2.05) is 6.07 Å². The lowest BCUT2D eigenvalue weighted by Gasteiger charge is -2.21. The summed E-state index contributed by atoms with van der Waals surface area (Å²) in [6, 6.07) is 26.0. The number of aromatic nitrogens is 1. The van der Waals surface area contributed by atoms with Gasteiger partial charge < -0.3 is 9.40 Å². The summed E-state index contributed by atoms with van der Waals surface area (Å²) in [6.07, 6.45) is 0. The minimum atomic E-state index is -0.0662. The maximum atomic E-state index is 6.45. The number of nitrogens with one attached hydrogen (secondary N) is 1. The molecule has 1 N–H and O–H groups in total. The summed E-state index contributed by atoms with van der Waals surface area (Å²) < 4.78 is 6.45. The van der Waals surface area contributed by atoms with Gasteiger partial charge in [-0.1, -0.05) is 74.5 Å². The lowest BCUT2D eigenvalue weighted by atomic mass is 9.82. The zero-order valence-corrected chi connectivity index (χ0v) is 16.3. The van der Waals surface area contributed by atoms with Crippen molar-refractivity contribution in [2.24, 2.45) is 0 Å². The number of H-pyrrole nitrogens is 1. The van der Waals surface area contributed by atoms with E-state index in [0.717, 1.165) is 11.2 Å². The van der Waals surface area contributed by atoms with E-state index in [0.29, 0.717) is 0 Å². The van der Waals surface area contributed by atoms with Crippen LogP contribution in [0, 0.1) is 0 Å². The SMILES string of the molecule is CC1(C)c2ccc3c([nH]c4ccccc43)c2-c2c1ccc1c2oc2ccccc21. The van der Waals surface area contributed by atoms with Crippen LogP contribution in [0.25, 0.3) is 54.9 Å². The van der Waals surface area contributed by atoms with E-state index in [-0.39, 0.29) is 5.41 Å². The van der Waals surface area contributed by atoms with Crippen molar-refractivity contribution in [1.82, 2.24) is 4.98 Å². The fourth-order valence-electron chi connectivity index (χ4n) is 5.40. The van der Waals surface area contributed by atoms with Gasteiger partial charge in [0.25, 0.3) is 0 Å². The van der Waals surface area contributed by atoms with Crippen LogP contribution in [0.5, 0.6) is 0 Å². The third-order valence-corrected chi connectivity index (χ3v) is 6.83. The number of hydrogen-bond acceptors (Lipinski definition) is 1. The molecule has 1 aliphatic rings. The van der Waals surface area contributed by atoms with E-state index < -0.39 is 0 Å². The predicted octanol–water partition coefficient (Wildman–Crippen LogP) is 7.53. The van der Waals surface area contributed by atoms with E-state index in [1.54, 1.807) is 0 Å². The molecule has 2 nitrogen and oxygen atoms in total. The van der Waals surface area contributed by atoms with Crippen molar-refractivity contribution < 1.29 is 4.42 Å². The van der Waals surface area contributed by atoms with Crippen LogP contribution >= 0.6 is 0 Å². The summed E-state index contributed by atoms with van der Waals surface area (Å²) in [5.74, 6) is 0. The lowest BCUT2D eigenvalue weighted by Crippen LogP contribution is -2.14. The van der Waals surface area contributed by atoms with Crippen LogP contribution in [0.4, 0.5) is 0 Å². The van der Waals surface area contributed by atoms with Crippen molar-refractivity contribution >= 4 is 43.7 Å². The van der Waals surface area contributed by atoms with Crippen molar-refractivity contribution in [3.8, 4) is 11.1 Å². The molecule has 138 valence electrons. The maximum absolute atomic E-state index is 6.45. The Kier molecular flexibility index (Phi) is 2.60. The molecular weight excluding hydrogens is 354 g/mol. The number of hydrogen-bond donors (Lipinski definition) is 1. The summed E-state index contributed by atoms with van der Waals surface area (Å²) in [5, 5.41) is 4.92. The monoisotopic (exact) mass is 373 g/mol. The van der Waals surface area contributed by atoms with Crippen molar-refractivity contribution in [2.45, 2.75) is 19.3 Å². The van der Waals surface area contributed by atoms with Gasteiger partial charge in [0.15, 0.2) is 0 Å². The highest BCUT2D eigenvalue weighted by Gasteiger charge is 2.39. The number of fused-ring (bicyclic) bond motifs is 11. The Bertz CT molecular complexity index is 1510. The molecule has 0 unspecified atom stereocenters. The zero-order chi connectivity index (χ0) is 19.3. The second-order valence-corrected chi connectivity index (χ2v) is 8.67. The van der Waals surface area contributed by atoms with Crippen LogP contribution in [0.15, 0.2) is 77.2 Å². The Morgan fingerprint density at radius 1 is 0.655 bits per heavy atom. The van der Waals surface area contributed by atoms with Crippen LogP contribution in [0.3, 0.4) is 0 Å². The Labute approximate surface area is 167 Å². The summed E-state index contributed by atoms with van der Waals surface area (Å²) in [4.78, 5) is 3.71. The lowest BCUT2D eigenvalue weighted by molar-refractivity contribution is 0.653. The van der Waals surface area contributed by atoms with Crippen LogP contribution in [0.1, 0.15) is 25.0 Å².